The Balaban J connectivity index is 0.00000210. The molecule has 2 aromatic heterocycles. The fourth-order valence-electron chi connectivity index (χ4n) is 2.86. The van der Waals surface area contributed by atoms with Crippen LogP contribution >= 0.6 is 12.4 Å². The first-order chi connectivity index (χ1) is 12.6. The predicted molar refractivity (Wildman–Crippen MR) is 98.6 cm³/mol. The molecule has 0 radical (unpaired) electrons. The Kier molecular flexibility index (Phi) is 5.64. The lowest BCUT2D eigenvalue weighted by atomic mass is 10.2. The summed E-state index contributed by atoms with van der Waals surface area (Å²) in [7, 11) is 2.01. The third-order valence-electron chi connectivity index (χ3n) is 4.34. The summed E-state index contributed by atoms with van der Waals surface area (Å²) in [4.78, 5) is 18.7. The van der Waals surface area contributed by atoms with Crippen molar-refractivity contribution in [3.05, 3.63) is 58.4 Å². The lowest BCUT2D eigenvalue weighted by molar-refractivity contribution is 0.190. The number of likely N-dealkylation sites (N-methyl/N-ethyl adjacent to an activating group) is 1. The van der Waals surface area contributed by atoms with Crippen molar-refractivity contribution in [1.82, 2.24) is 30.1 Å². The van der Waals surface area contributed by atoms with E-state index in [-0.39, 0.29) is 35.7 Å². The van der Waals surface area contributed by atoms with Gasteiger partial charge in [0.15, 0.2) is 5.82 Å². The van der Waals surface area contributed by atoms with Crippen LogP contribution in [0.1, 0.15) is 11.9 Å². The van der Waals surface area contributed by atoms with Gasteiger partial charge in [0.05, 0.1) is 11.7 Å². The van der Waals surface area contributed by atoms with Crippen molar-refractivity contribution in [1.29, 1.82) is 0 Å². The molecule has 8 nitrogen and oxygen atoms in total. The van der Waals surface area contributed by atoms with E-state index in [1.54, 1.807) is 0 Å². The van der Waals surface area contributed by atoms with Gasteiger partial charge >= 0.3 is 0 Å². The van der Waals surface area contributed by atoms with Crippen molar-refractivity contribution in [3.63, 3.8) is 0 Å². The second-order valence-electron chi connectivity index (χ2n) is 6.10. The van der Waals surface area contributed by atoms with Crippen LogP contribution in [-0.2, 0) is 0 Å². The van der Waals surface area contributed by atoms with Crippen molar-refractivity contribution in [3.8, 4) is 17.3 Å². The summed E-state index contributed by atoms with van der Waals surface area (Å²) in [5.41, 5.74) is 0.490. The third kappa shape index (κ3) is 3.90. The summed E-state index contributed by atoms with van der Waals surface area (Å²) in [6.07, 6.45) is 0. The van der Waals surface area contributed by atoms with Gasteiger partial charge in [0.1, 0.15) is 11.5 Å². The maximum atomic E-state index is 13.1. The lowest BCUT2D eigenvalue weighted by Crippen LogP contribution is -2.44. The Hall–Kier alpha value is -2.62. The molecule has 1 fully saturated rings. The van der Waals surface area contributed by atoms with Crippen LogP contribution in [0.15, 0.2) is 45.7 Å². The van der Waals surface area contributed by atoms with Gasteiger partial charge in [0.2, 0.25) is 0 Å². The molecular formula is C17H18ClFN6O2. The van der Waals surface area contributed by atoms with Gasteiger partial charge < -0.3 is 9.84 Å². The van der Waals surface area contributed by atoms with Crippen LogP contribution in [0.25, 0.3) is 17.3 Å². The molecule has 1 saturated heterocycles. The van der Waals surface area contributed by atoms with E-state index in [1.165, 1.54) is 41.1 Å². The molecule has 0 bridgehead atoms. The van der Waals surface area contributed by atoms with Gasteiger partial charge in [-0.2, -0.15) is 14.8 Å². The molecule has 1 aromatic carbocycles. The fourth-order valence-corrected chi connectivity index (χ4v) is 2.86. The molecule has 4 rings (SSSR count). The molecule has 10 heteroatoms. The van der Waals surface area contributed by atoms with Crippen LogP contribution in [-0.4, -0.2) is 51.5 Å². The number of halogens is 2. The molecule has 3 aromatic rings. The molecule has 0 saturated carbocycles. The van der Waals surface area contributed by atoms with E-state index in [0.29, 0.717) is 17.2 Å². The molecule has 1 atom stereocenters. The number of hydrogen-bond donors (Lipinski definition) is 1. The number of piperazine rings is 1. The SMILES string of the molecule is CN1CCNCC1c1noc(-c2ccc(=O)n(-c3ccc(F)cc3)n2)n1.Cl. The number of nitrogens with zero attached hydrogens (tertiary/aromatic N) is 5. The minimum absolute atomic E-state index is 0. The topological polar surface area (TPSA) is 89.1 Å². The molecule has 0 spiro atoms. The summed E-state index contributed by atoms with van der Waals surface area (Å²) < 4.78 is 19.6. The highest BCUT2D eigenvalue weighted by molar-refractivity contribution is 5.85. The molecule has 3 heterocycles. The Morgan fingerprint density at radius 1 is 1.22 bits per heavy atom. The van der Waals surface area contributed by atoms with Crippen LogP contribution in [0.4, 0.5) is 4.39 Å². The summed E-state index contributed by atoms with van der Waals surface area (Å²) in [5.74, 6) is 0.413. The molecule has 1 aliphatic heterocycles. The highest BCUT2D eigenvalue weighted by Gasteiger charge is 2.26. The number of rotatable bonds is 3. The van der Waals surface area contributed by atoms with Gasteiger partial charge in [-0.3, -0.25) is 9.69 Å². The predicted octanol–water partition coefficient (Wildman–Crippen LogP) is 1.42. The standard InChI is InChI=1S/C17H17FN6O2.ClH/c1-23-9-8-19-10-14(23)16-20-17(26-22-16)13-6-7-15(25)24(21-13)12-4-2-11(18)3-5-12;/h2-7,14,19H,8-10H2,1H3;1H. The van der Waals surface area contributed by atoms with Crippen molar-refractivity contribution in [2.24, 2.45) is 0 Å². The largest absolute Gasteiger partial charge is 0.332 e. The first-order valence-corrected chi connectivity index (χ1v) is 8.23. The third-order valence-corrected chi connectivity index (χ3v) is 4.34. The minimum atomic E-state index is -0.385. The maximum absolute atomic E-state index is 13.1. The minimum Gasteiger partial charge on any atom is -0.332 e. The average Bonchev–Trinajstić information content (AvgIpc) is 3.13. The van der Waals surface area contributed by atoms with Crippen molar-refractivity contribution < 1.29 is 8.91 Å². The van der Waals surface area contributed by atoms with E-state index >= 15 is 0 Å². The van der Waals surface area contributed by atoms with Crippen LogP contribution in [0.3, 0.4) is 0 Å². The smallest absolute Gasteiger partial charge is 0.278 e. The van der Waals surface area contributed by atoms with Crippen LogP contribution in [0.5, 0.6) is 0 Å². The van der Waals surface area contributed by atoms with E-state index in [4.69, 9.17) is 4.52 Å². The highest BCUT2D eigenvalue weighted by Crippen LogP contribution is 2.21. The van der Waals surface area contributed by atoms with Gasteiger partial charge in [0.25, 0.3) is 11.4 Å². The zero-order valence-electron chi connectivity index (χ0n) is 14.5. The first-order valence-electron chi connectivity index (χ1n) is 8.23. The monoisotopic (exact) mass is 392 g/mol. The van der Waals surface area contributed by atoms with Gasteiger partial charge in [-0.05, 0) is 37.4 Å². The van der Waals surface area contributed by atoms with E-state index in [9.17, 15) is 9.18 Å². The summed E-state index contributed by atoms with van der Waals surface area (Å²) in [6.45, 7) is 2.54. The average molecular weight is 393 g/mol. The normalized spacial score (nSPS) is 17.5. The maximum Gasteiger partial charge on any atom is 0.278 e. The quantitative estimate of drug-likeness (QED) is 0.721. The molecule has 1 unspecified atom stereocenters. The molecule has 27 heavy (non-hydrogen) atoms. The Morgan fingerprint density at radius 3 is 2.74 bits per heavy atom. The van der Waals surface area contributed by atoms with Gasteiger partial charge in [0, 0.05) is 25.7 Å². The molecular weight excluding hydrogens is 375 g/mol. The summed E-state index contributed by atoms with van der Waals surface area (Å²) in [6, 6.07) is 8.42. The van der Waals surface area contributed by atoms with Crippen molar-refractivity contribution in [2.45, 2.75) is 6.04 Å². The van der Waals surface area contributed by atoms with E-state index in [2.05, 4.69) is 25.5 Å². The van der Waals surface area contributed by atoms with Gasteiger partial charge in [-0.1, -0.05) is 5.16 Å². The van der Waals surface area contributed by atoms with Crippen LogP contribution < -0.4 is 10.9 Å². The highest BCUT2D eigenvalue weighted by atomic mass is 35.5. The summed E-state index contributed by atoms with van der Waals surface area (Å²) in [5, 5.41) is 11.6. The zero-order chi connectivity index (χ0) is 18.1. The molecule has 1 aliphatic rings. The number of nitrogens with one attached hydrogen (secondary N) is 1. The van der Waals surface area contributed by atoms with E-state index in [0.717, 1.165) is 19.6 Å². The van der Waals surface area contributed by atoms with Crippen molar-refractivity contribution in [2.75, 3.05) is 26.7 Å². The second-order valence-corrected chi connectivity index (χ2v) is 6.10. The zero-order valence-corrected chi connectivity index (χ0v) is 15.3. The summed E-state index contributed by atoms with van der Waals surface area (Å²) >= 11 is 0. The molecule has 0 amide bonds. The molecule has 0 aliphatic carbocycles. The first kappa shape index (κ1) is 19.2. The van der Waals surface area contributed by atoms with Crippen LogP contribution in [0, 0.1) is 5.82 Å². The Labute approximate surface area is 160 Å². The van der Waals surface area contributed by atoms with E-state index < -0.39 is 0 Å². The lowest BCUT2D eigenvalue weighted by Gasteiger charge is -2.30. The van der Waals surface area contributed by atoms with Gasteiger partial charge in [-0.15, -0.1) is 12.4 Å². The van der Waals surface area contributed by atoms with Crippen LogP contribution in [0.2, 0.25) is 0 Å². The number of hydrogen-bond acceptors (Lipinski definition) is 7. The van der Waals surface area contributed by atoms with Crippen molar-refractivity contribution >= 4 is 12.4 Å². The number of aromatic nitrogens is 4. The van der Waals surface area contributed by atoms with E-state index in [1.807, 2.05) is 7.05 Å². The molecule has 1 N–H and O–H groups in total. The second kappa shape index (κ2) is 7.95. The fraction of sp³-hybridized carbons (Fsp3) is 0.294. The number of benzene rings is 1. The molecule has 142 valence electrons. The van der Waals surface area contributed by atoms with Gasteiger partial charge in [-0.25, -0.2) is 4.39 Å². The Bertz CT molecular complexity index is 974. The Morgan fingerprint density at radius 2 is 2.00 bits per heavy atom.